The number of nitro benzene ring substituents is 4. The Morgan fingerprint density at radius 2 is 1.06 bits per heavy atom. The number of nitrogens with one attached hydrogen (secondary N) is 2. The van der Waals surface area contributed by atoms with Gasteiger partial charge in [0.05, 0.1) is 31.8 Å². The Morgan fingerprint density at radius 3 is 1.37 bits per heavy atom. The number of epoxide rings is 1. The van der Waals surface area contributed by atoms with Gasteiger partial charge in [-0.05, 0) is 12.1 Å². The van der Waals surface area contributed by atoms with Crippen molar-refractivity contribution < 1.29 is 43.7 Å². The molecule has 182 valence electrons. The van der Waals surface area contributed by atoms with Gasteiger partial charge in [-0.2, -0.15) is 0 Å². The number of carbonyl (C=O) groups excluding carboxylic acids is 2. The monoisotopic (exact) mass is 494 g/mol. The molecule has 3 rings (SSSR count). The molecule has 2 atom stereocenters. The van der Waals surface area contributed by atoms with E-state index in [1.807, 2.05) is 11.0 Å². The lowest BCUT2D eigenvalue weighted by Crippen LogP contribution is -2.24. The van der Waals surface area contributed by atoms with Crippen molar-refractivity contribution in [3.8, 4) is 0 Å². The van der Waals surface area contributed by atoms with Gasteiger partial charge in [0, 0.05) is 12.1 Å². The maximum atomic E-state index is 12.0. The standard InChI is InChI=1S/C16H10N6O13/c23-15(34-17-9-3-1-7(19(25)26)5-11(9)21(29)30)13-14(33-13)16(24)35-18-10-4-2-8(20(27)28)6-12(10)22(31)32/h1-6,13-14,17-18H. The first-order valence-corrected chi connectivity index (χ1v) is 8.94. The summed E-state index contributed by atoms with van der Waals surface area (Å²) in [6.45, 7) is 0. The molecule has 2 aromatic rings. The number of ether oxygens (including phenoxy) is 1. The number of rotatable bonds is 10. The minimum Gasteiger partial charge on any atom is -0.345 e. The molecule has 1 heterocycles. The lowest BCUT2D eigenvalue weighted by molar-refractivity contribution is -0.394. The molecule has 0 spiro atoms. The van der Waals surface area contributed by atoms with E-state index >= 15 is 0 Å². The van der Waals surface area contributed by atoms with E-state index in [0.29, 0.717) is 12.1 Å². The molecule has 2 N–H and O–H groups in total. The van der Waals surface area contributed by atoms with E-state index in [9.17, 15) is 50.0 Å². The molecule has 1 fully saturated rings. The highest BCUT2D eigenvalue weighted by atomic mass is 16.7. The highest BCUT2D eigenvalue weighted by molar-refractivity contribution is 5.90. The second-order valence-corrected chi connectivity index (χ2v) is 6.45. The zero-order valence-electron chi connectivity index (χ0n) is 16.7. The van der Waals surface area contributed by atoms with Crippen LogP contribution in [0.2, 0.25) is 0 Å². The smallest absolute Gasteiger partial charge is 0.345 e. The summed E-state index contributed by atoms with van der Waals surface area (Å²) in [7, 11) is 0. The molecular formula is C16H10N6O13. The van der Waals surface area contributed by atoms with E-state index in [0.717, 1.165) is 24.3 Å². The Morgan fingerprint density at radius 1 is 0.686 bits per heavy atom. The number of non-ortho nitro benzene ring substituents is 2. The summed E-state index contributed by atoms with van der Waals surface area (Å²) in [5.74, 6) is -2.41. The van der Waals surface area contributed by atoms with E-state index in [4.69, 9.17) is 4.74 Å². The van der Waals surface area contributed by atoms with Crippen molar-refractivity contribution in [2.24, 2.45) is 0 Å². The SMILES string of the molecule is O=C(ONc1ccc([N+](=O)[O-])cc1[N+](=O)[O-])C1OC1C(=O)ONc1ccc([N+](=O)[O-])cc1[N+](=O)[O-]. The van der Waals surface area contributed by atoms with Crippen LogP contribution in [0.15, 0.2) is 36.4 Å². The highest BCUT2D eigenvalue weighted by Gasteiger charge is 2.54. The fourth-order valence-corrected chi connectivity index (χ4v) is 2.54. The van der Waals surface area contributed by atoms with E-state index < -0.39 is 78.0 Å². The zero-order chi connectivity index (χ0) is 25.9. The molecule has 35 heavy (non-hydrogen) atoms. The van der Waals surface area contributed by atoms with Gasteiger partial charge in [-0.1, -0.05) is 0 Å². The van der Waals surface area contributed by atoms with Crippen LogP contribution in [0.5, 0.6) is 0 Å². The van der Waals surface area contributed by atoms with Crippen LogP contribution in [0.3, 0.4) is 0 Å². The average molecular weight is 494 g/mol. The molecule has 1 aliphatic rings. The molecule has 0 radical (unpaired) electrons. The van der Waals surface area contributed by atoms with Crippen LogP contribution in [0.25, 0.3) is 0 Å². The number of carbonyl (C=O) groups is 2. The number of hydrogen-bond donors (Lipinski definition) is 2. The maximum Gasteiger partial charge on any atom is 0.363 e. The summed E-state index contributed by atoms with van der Waals surface area (Å²) in [4.78, 5) is 73.2. The van der Waals surface area contributed by atoms with Gasteiger partial charge in [0.1, 0.15) is 11.4 Å². The first-order chi connectivity index (χ1) is 16.5. The fourth-order valence-electron chi connectivity index (χ4n) is 2.54. The van der Waals surface area contributed by atoms with Crippen LogP contribution in [0.1, 0.15) is 0 Å². The zero-order valence-corrected chi connectivity index (χ0v) is 16.7. The third kappa shape index (κ3) is 5.48. The van der Waals surface area contributed by atoms with Gasteiger partial charge in [0.25, 0.3) is 11.4 Å². The maximum absolute atomic E-state index is 12.0. The van der Waals surface area contributed by atoms with Crippen LogP contribution in [0, 0.1) is 40.5 Å². The lowest BCUT2D eigenvalue weighted by Gasteiger charge is -2.07. The normalized spacial score (nSPS) is 15.9. The van der Waals surface area contributed by atoms with Crippen molar-refractivity contribution in [1.82, 2.24) is 0 Å². The summed E-state index contributed by atoms with van der Waals surface area (Å²) < 4.78 is 4.80. The highest BCUT2D eigenvalue weighted by Crippen LogP contribution is 2.31. The molecule has 19 heteroatoms. The molecule has 0 saturated carbocycles. The van der Waals surface area contributed by atoms with Crippen molar-refractivity contribution in [3.63, 3.8) is 0 Å². The fraction of sp³-hybridized carbons (Fsp3) is 0.125. The minimum atomic E-state index is -1.50. The quantitative estimate of drug-likeness (QED) is 0.269. The number of anilines is 2. The van der Waals surface area contributed by atoms with Crippen molar-refractivity contribution in [1.29, 1.82) is 0 Å². The predicted octanol–water partition coefficient (Wildman–Crippen LogP) is 1.53. The van der Waals surface area contributed by atoms with Gasteiger partial charge in [0.2, 0.25) is 0 Å². The number of hydrogen-bond acceptors (Lipinski definition) is 15. The van der Waals surface area contributed by atoms with Gasteiger partial charge < -0.3 is 14.4 Å². The molecule has 19 nitrogen and oxygen atoms in total. The van der Waals surface area contributed by atoms with Crippen LogP contribution >= 0.6 is 0 Å². The summed E-state index contributed by atoms with van der Waals surface area (Å²) in [6.07, 6.45) is -3.00. The van der Waals surface area contributed by atoms with E-state index in [1.165, 1.54) is 0 Å². The first kappa shape index (κ1) is 24.2. The molecule has 1 aliphatic heterocycles. The molecule has 0 amide bonds. The van der Waals surface area contributed by atoms with Gasteiger partial charge in [-0.3, -0.25) is 40.5 Å². The summed E-state index contributed by atoms with van der Waals surface area (Å²) >= 11 is 0. The molecule has 2 aromatic carbocycles. The summed E-state index contributed by atoms with van der Waals surface area (Å²) in [5, 5.41) is 43.6. The largest absolute Gasteiger partial charge is 0.363 e. The minimum absolute atomic E-state index is 0.402. The molecular weight excluding hydrogens is 484 g/mol. The number of nitro groups is 4. The second-order valence-electron chi connectivity index (χ2n) is 6.45. The van der Waals surface area contributed by atoms with Crippen molar-refractivity contribution in [2.45, 2.75) is 12.2 Å². The molecule has 0 bridgehead atoms. The van der Waals surface area contributed by atoms with E-state index in [1.54, 1.807) is 0 Å². The Hall–Kier alpha value is -5.46. The van der Waals surface area contributed by atoms with Crippen molar-refractivity contribution in [2.75, 3.05) is 11.0 Å². The summed E-state index contributed by atoms with van der Waals surface area (Å²) in [6, 6.07) is 4.94. The molecule has 1 saturated heterocycles. The first-order valence-electron chi connectivity index (χ1n) is 8.94. The van der Waals surface area contributed by atoms with E-state index in [-0.39, 0.29) is 0 Å². The van der Waals surface area contributed by atoms with Gasteiger partial charge in [-0.25, -0.2) is 20.5 Å². The summed E-state index contributed by atoms with van der Waals surface area (Å²) in [5.41, 5.74) is 0.379. The molecule has 0 aromatic heterocycles. The topological polar surface area (TPSA) is 262 Å². The second kappa shape index (κ2) is 9.58. The van der Waals surface area contributed by atoms with Crippen LogP contribution in [0.4, 0.5) is 34.1 Å². The average Bonchev–Trinajstić information content (AvgIpc) is 3.61. The Balaban J connectivity index is 1.57. The van der Waals surface area contributed by atoms with Crippen LogP contribution in [-0.4, -0.2) is 43.8 Å². The van der Waals surface area contributed by atoms with Crippen molar-refractivity contribution >= 4 is 46.1 Å². The predicted molar refractivity (Wildman–Crippen MR) is 108 cm³/mol. The third-order valence-electron chi connectivity index (χ3n) is 4.26. The van der Waals surface area contributed by atoms with Crippen LogP contribution < -0.4 is 11.0 Å². The van der Waals surface area contributed by atoms with Gasteiger partial charge in [0.15, 0.2) is 12.2 Å². The third-order valence-corrected chi connectivity index (χ3v) is 4.26. The van der Waals surface area contributed by atoms with E-state index in [2.05, 4.69) is 9.68 Å². The van der Waals surface area contributed by atoms with Gasteiger partial charge in [-0.15, -0.1) is 0 Å². The molecule has 2 unspecified atom stereocenters. The van der Waals surface area contributed by atoms with Gasteiger partial charge >= 0.3 is 23.3 Å². The van der Waals surface area contributed by atoms with Crippen LogP contribution in [-0.2, 0) is 24.0 Å². The number of nitrogens with zero attached hydrogens (tertiary/aromatic N) is 4. The Bertz CT molecular complexity index is 1170. The Kier molecular flexibility index (Phi) is 6.62. The molecule has 0 aliphatic carbocycles. The van der Waals surface area contributed by atoms with Crippen molar-refractivity contribution in [3.05, 3.63) is 76.9 Å². The lowest BCUT2D eigenvalue weighted by atomic mass is 10.2. The number of benzene rings is 2. The Labute approximate surface area is 190 Å².